The fourth-order valence-corrected chi connectivity index (χ4v) is 7.80. The molecular weight excluding hydrogens is 452 g/mol. The molecule has 0 bridgehead atoms. The maximum absolute atomic E-state index is 12.8. The Hall–Kier alpha value is -2.99. The number of esters is 1. The van der Waals surface area contributed by atoms with Crippen LogP contribution in [0.15, 0.2) is 59.6 Å². The van der Waals surface area contributed by atoms with E-state index in [1.807, 2.05) is 18.5 Å². The van der Waals surface area contributed by atoms with E-state index in [4.69, 9.17) is 15.2 Å². The average Bonchev–Trinajstić information content (AvgIpc) is 3.08. The fourth-order valence-electron chi connectivity index (χ4n) is 7.80. The monoisotopic (exact) mass is 486 g/mol. The highest BCUT2D eigenvalue weighted by molar-refractivity contribution is 6.00. The normalized spacial score (nSPS) is 35.4. The van der Waals surface area contributed by atoms with E-state index in [2.05, 4.69) is 43.1 Å². The smallest absolute Gasteiger partial charge is 0.303 e. The number of ketones is 1. The van der Waals surface area contributed by atoms with Gasteiger partial charge in [0.25, 0.3) is 0 Å². The number of hydrogen-bond acceptors (Lipinski definition) is 6. The van der Waals surface area contributed by atoms with Gasteiger partial charge in [-0.2, -0.15) is 0 Å². The van der Waals surface area contributed by atoms with E-state index >= 15 is 0 Å². The minimum atomic E-state index is -0.665. The van der Waals surface area contributed by atoms with E-state index in [-0.39, 0.29) is 41.0 Å². The van der Waals surface area contributed by atoms with Crippen molar-refractivity contribution in [3.63, 3.8) is 0 Å². The zero-order chi connectivity index (χ0) is 25.2. The van der Waals surface area contributed by atoms with Gasteiger partial charge >= 0.3 is 5.97 Å². The Morgan fingerprint density at radius 2 is 2.06 bits per heavy atom. The van der Waals surface area contributed by atoms with Crippen LogP contribution >= 0.6 is 0 Å². The second kappa shape index (κ2) is 8.27. The highest BCUT2D eigenvalue weighted by atomic mass is 16.6. The molecule has 188 valence electrons. The van der Waals surface area contributed by atoms with Crippen molar-refractivity contribution in [3.8, 4) is 0 Å². The van der Waals surface area contributed by atoms with Crippen molar-refractivity contribution in [2.45, 2.75) is 70.5 Å². The largest absolute Gasteiger partial charge is 0.489 e. The Bertz CT molecular complexity index is 1330. The molecule has 0 spiro atoms. The lowest BCUT2D eigenvalue weighted by atomic mass is 9.60. The Morgan fingerprint density at radius 3 is 2.83 bits per heavy atom. The van der Waals surface area contributed by atoms with E-state index in [1.165, 1.54) is 18.1 Å². The minimum Gasteiger partial charge on any atom is -0.489 e. The number of nitrogens with two attached hydrogens (primary N) is 1. The molecule has 0 radical (unpaired) electrons. The number of allylic oxidation sites excluding steroid dienone is 3. The van der Waals surface area contributed by atoms with Crippen LogP contribution in [0.3, 0.4) is 0 Å². The van der Waals surface area contributed by atoms with Crippen LogP contribution in [0.25, 0.3) is 10.8 Å². The lowest BCUT2D eigenvalue weighted by Crippen LogP contribution is -2.44. The van der Waals surface area contributed by atoms with Gasteiger partial charge in [-0.3, -0.25) is 14.6 Å². The van der Waals surface area contributed by atoms with Crippen molar-refractivity contribution in [2.24, 2.45) is 23.0 Å². The molecule has 6 rings (SSSR count). The first kappa shape index (κ1) is 23.4. The van der Waals surface area contributed by atoms with Crippen molar-refractivity contribution in [2.75, 3.05) is 6.54 Å². The topological polar surface area (TPSA) is 91.5 Å². The van der Waals surface area contributed by atoms with Crippen LogP contribution in [0, 0.1) is 17.3 Å². The summed E-state index contributed by atoms with van der Waals surface area (Å²) in [7, 11) is 0. The molecule has 0 amide bonds. The third kappa shape index (κ3) is 3.52. The minimum absolute atomic E-state index is 0.0155. The Balaban J connectivity index is 1.42. The predicted octanol–water partition coefficient (Wildman–Crippen LogP) is 4.98. The van der Waals surface area contributed by atoms with Gasteiger partial charge in [0.15, 0.2) is 5.78 Å². The Morgan fingerprint density at radius 1 is 1.22 bits per heavy atom. The maximum atomic E-state index is 12.8. The summed E-state index contributed by atoms with van der Waals surface area (Å²) in [5.74, 6) is 0.991. The Kier molecular flexibility index (Phi) is 5.38. The standard InChI is InChI=1S/C30H34N2O4/c1-17(33)36-30(3)14-24-27-20(13-23-25(34)10-18(15-31)11-26(23)35-27)6-8-29(24,2)28(30)21-4-5-22-16-32-9-7-19(22)12-21/h4-5,7,9,12-13,16,18,24,27-28H,6,8,10-11,14-15,31H2,1-3H3/t18?,24-,27+,28+,29-,30?/m0/s1. The van der Waals surface area contributed by atoms with Crippen molar-refractivity contribution >= 4 is 22.5 Å². The molecule has 6 heteroatoms. The summed E-state index contributed by atoms with van der Waals surface area (Å²) in [4.78, 5) is 29.4. The lowest BCUT2D eigenvalue weighted by molar-refractivity contribution is -0.157. The summed E-state index contributed by atoms with van der Waals surface area (Å²) in [6, 6.07) is 8.55. The number of hydrogen-bond donors (Lipinski definition) is 1. The van der Waals surface area contributed by atoms with Gasteiger partial charge in [0.1, 0.15) is 17.5 Å². The zero-order valence-corrected chi connectivity index (χ0v) is 21.3. The van der Waals surface area contributed by atoms with Gasteiger partial charge in [-0.25, -0.2) is 0 Å². The lowest BCUT2D eigenvalue weighted by Gasteiger charge is -2.48. The van der Waals surface area contributed by atoms with E-state index < -0.39 is 5.60 Å². The van der Waals surface area contributed by atoms with Crippen LogP contribution < -0.4 is 5.73 Å². The summed E-state index contributed by atoms with van der Waals surface area (Å²) in [5, 5.41) is 2.23. The summed E-state index contributed by atoms with van der Waals surface area (Å²) in [6.45, 7) is 6.41. The van der Waals surface area contributed by atoms with E-state index in [9.17, 15) is 9.59 Å². The van der Waals surface area contributed by atoms with Gasteiger partial charge in [-0.05, 0) is 72.7 Å². The molecule has 0 saturated heterocycles. The number of rotatable bonds is 3. The highest BCUT2D eigenvalue weighted by Crippen LogP contribution is 2.66. The first-order valence-corrected chi connectivity index (χ1v) is 13.1. The van der Waals surface area contributed by atoms with Crippen LogP contribution in [-0.4, -0.2) is 35.0 Å². The van der Waals surface area contributed by atoms with Crippen LogP contribution in [0.5, 0.6) is 0 Å². The van der Waals surface area contributed by atoms with Crippen molar-refractivity contribution in [1.82, 2.24) is 4.98 Å². The van der Waals surface area contributed by atoms with Gasteiger partial charge < -0.3 is 15.2 Å². The van der Waals surface area contributed by atoms with Crippen LogP contribution in [0.4, 0.5) is 0 Å². The number of pyridine rings is 1. The molecule has 1 aliphatic heterocycles. The predicted molar refractivity (Wildman–Crippen MR) is 137 cm³/mol. The molecule has 36 heavy (non-hydrogen) atoms. The molecule has 3 aliphatic carbocycles. The molecule has 2 N–H and O–H groups in total. The van der Waals surface area contributed by atoms with Gasteiger partial charge in [0, 0.05) is 49.4 Å². The first-order valence-electron chi connectivity index (χ1n) is 13.1. The molecule has 2 aromatic rings. The third-order valence-corrected chi connectivity index (χ3v) is 9.28. The van der Waals surface area contributed by atoms with Gasteiger partial charge in [-0.1, -0.05) is 25.1 Å². The van der Waals surface area contributed by atoms with Gasteiger partial charge in [0.05, 0.1) is 5.57 Å². The Labute approximate surface area is 211 Å². The average molecular weight is 487 g/mol. The fraction of sp³-hybridized carbons (Fsp3) is 0.500. The number of carbonyl (C=O) groups is 2. The van der Waals surface area contributed by atoms with Crippen LogP contribution in [-0.2, 0) is 19.1 Å². The summed E-state index contributed by atoms with van der Waals surface area (Å²) in [6.07, 6.45) is 9.42. The first-order chi connectivity index (χ1) is 17.2. The SMILES string of the molecule is CC(=O)OC1(C)C[C@H]2[C@@H]3OC4=C(C=C3CC[C@]2(C)[C@H]1c1ccc2cnccc2c1)C(=O)CC(CN)C4. The number of nitrogens with zero attached hydrogens (tertiary/aromatic N) is 1. The van der Waals surface area contributed by atoms with Crippen molar-refractivity contribution < 1.29 is 19.1 Å². The number of benzene rings is 1. The molecule has 2 heterocycles. The molecular formula is C30H34N2O4. The van der Waals surface area contributed by atoms with Crippen LogP contribution in [0.1, 0.15) is 64.4 Å². The van der Waals surface area contributed by atoms with E-state index in [1.54, 1.807) is 0 Å². The highest BCUT2D eigenvalue weighted by Gasteiger charge is 2.64. The number of Topliss-reactive ketones (excluding diaryl/α,β-unsaturated/α-hetero) is 1. The molecule has 4 aliphatic rings. The summed E-state index contributed by atoms with van der Waals surface area (Å²) in [5.41, 5.74) is 8.25. The van der Waals surface area contributed by atoms with Gasteiger partial charge in [-0.15, -0.1) is 0 Å². The molecule has 2 fully saturated rings. The second-order valence-electron chi connectivity index (χ2n) is 11.7. The summed E-state index contributed by atoms with van der Waals surface area (Å²) >= 11 is 0. The molecule has 2 saturated carbocycles. The summed E-state index contributed by atoms with van der Waals surface area (Å²) < 4.78 is 12.9. The molecule has 1 aromatic carbocycles. The second-order valence-corrected chi connectivity index (χ2v) is 11.7. The molecule has 2 unspecified atom stereocenters. The molecule has 1 aromatic heterocycles. The molecule has 6 atom stereocenters. The number of fused-ring (bicyclic) bond motifs is 4. The molecule has 6 nitrogen and oxygen atoms in total. The number of aromatic nitrogens is 1. The van der Waals surface area contributed by atoms with Gasteiger partial charge in [0.2, 0.25) is 0 Å². The van der Waals surface area contributed by atoms with E-state index in [0.717, 1.165) is 34.9 Å². The maximum Gasteiger partial charge on any atom is 0.303 e. The quantitative estimate of drug-likeness (QED) is 0.616. The number of carbonyl (C=O) groups excluding carboxylic acids is 2. The van der Waals surface area contributed by atoms with Crippen molar-refractivity contribution in [1.29, 1.82) is 0 Å². The van der Waals surface area contributed by atoms with E-state index in [0.29, 0.717) is 25.8 Å². The van der Waals surface area contributed by atoms with Crippen molar-refractivity contribution in [3.05, 3.63) is 65.2 Å². The zero-order valence-electron chi connectivity index (χ0n) is 21.3. The van der Waals surface area contributed by atoms with Crippen LogP contribution in [0.2, 0.25) is 0 Å². The number of ether oxygens (including phenoxy) is 2. The third-order valence-electron chi connectivity index (χ3n) is 9.28.